The van der Waals surface area contributed by atoms with Gasteiger partial charge in [0.25, 0.3) is 0 Å². The van der Waals surface area contributed by atoms with E-state index in [1.807, 2.05) is 31.2 Å². The Labute approximate surface area is 75.1 Å². The van der Waals surface area contributed by atoms with Gasteiger partial charge < -0.3 is 5.84 Å². The van der Waals surface area contributed by atoms with Gasteiger partial charge in [-0.05, 0) is 6.92 Å². The highest BCUT2D eigenvalue weighted by molar-refractivity contribution is 5.82. The van der Waals surface area contributed by atoms with Crippen molar-refractivity contribution in [3.8, 4) is 0 Å². The third-order valence-corrected chi connectivity index (χ3v) is 2.03. The summed E-state index contributed by atoms with van der Waals surface area (Å²) in [5, 5.41) is 12.6. The van der Waals surface area contributed by atoms with E-state index in [2.05, 4.69) is 15.3 Å². The number of rotatable bonds is 0. The molecule has 0 unspecified atom stereocenters. The minimum absolute atomic E-state index is 0.612. The molecule has 0 aliphatic rings. The standard InChI is InChI=1S/C9H10N4/c1-6-7-4-2-3-5-8(7)9(11-10)13-12-6/h2-5H,10H2,1H3,(H,11,13). The molecule has 2 rings (SSSR count). The summed E-state index contributed by atoms with van der Waals surface area (Å²) < 4.78 is 0. The molecule has 4 heteroatoms. The van der Waals surface area contributed by atoms with Crippen molar-refractivity contribution in [2.24, 2.45) is 10.9 Å². The molecule has 0 saturated heterocycles. The molecule has 66 valence electrons. The van der Waals surface area contributed by atoms with Crippen molar-refractivity contribution in [1.29, 1.82) is 0 Å². The summed E-state index contributed by atoms with van der Waals surface area (Å²) in [6.45, 7) is 1.94. The minimum atomic E-state index is 0.612. The van der Waals surface area contributed by atoms with Gasteiger partial charge in [0.1, 0.15) is 0 Å². The molecule has 0 radical (unpaired) electrons. The SMILES string of the molecule is Cc1n[nH]/c(=N\N)c2ccccc12. The number of nitrogens with two attached hydrogens (primary N) is 1. The largest absolute Gasteiger partial charge is 0.321 e. The van der Waals surface area contributed by atoms with Crippen LogP contribution in [0.3, 0.4) is 0 Å². The van der Waals surface area contributed by atoms with E-state index in [0.717, 1.165) is 16.5 Å². The van der Waals surface area contributed by atoms with E-state index in [1.165, 1.54) is 0 Å². The quantitative estimate of drug-likeness (QED) is 0.454. The first-order valence-corrected chi connectivity index (χ1v) is 4.01. The van der Waals surface area contributed by atoms with Crippen LogP contribution in [0, 0.1) is 6.92 Å². The molecule has 0 spiro atoms. The fourth-order valence-corrected chi connectivity index (χ4v) is 1.36. The molecule has 0 amide bonds. The fourth-order valence-electron chi connectivity index (χ4n) is 1.36. The van der Waals surface area contributed by atoms with E-state index < -0.39 is 0 Å². The van der Waals surface area contributed by atoms with Crippen LogP contribution in [0.2, 0.25) is 0 Å². The predicted molar refractivity (Wildman–Crippen MR) is 50.6 cm³/mol. The molecule has 0 fully saturated rings. The highest BCUT2D eigenvalue weighted by atomic mass is 15.2. The number of fused-ring (bicyclic) bond motifs is 1. The lowest BCUT2D eigenvalue weighted by atomic mass is 10.1. The zero-order valence-electron chi connectivity index (χ0n) is 7.28. The van der Waals surface area contributed by atoms with Crippen molar-refractivity contribution in [3.63, 3.8) is 0 Å². The number of aromatic nitrogens is 2. The number of hydrogen-bond acceptors (Lipinski definition) is 3. The number of benzene rings is 1. The lowest BCUT2D eigenvalue weighted by molar-refractivity contribution is 0.920. The number of aryl methyl sites for hydroxylation is 1. The summed E-state index contributed by atoms with van der Waals surface area (Å²) in [4.78, 5) is 0. The van der Waals surface area contributed by atoms with Gasteiger partial charge in [-0.2, -0.15) is 10.2 Å². The van der Waals surface area contributed by atoms with Crippen LogP contribution in [0.15, 0.2) is 29.4 Å². The summed E-state index contributed by atoms with van der Waals surface area (Å²) in [5.41, 5.74) is 1.56. The third kappa shape index (κ3) is 1.16. The molecule has 1 heterocycles. The Morgan fingerprint density at radius 3 is 2.69 bits per heavy atom. The second-order valence-corrected chi connectivity index (χ2v) is 2.83. The summed E-state index contributed by atoms with van der Waals surface area (Å²) in [5.74, 6) is 5.22. The van der Waals surface area contributed by atoms with Crippen molar-refractivity contribution in [2.75, 3.05) is 0 Å². The van der Waals surface area contributed by atoms with Crippen LogP contribution < -0.4 is 11.3 Å². The van der Waals surface area contributed by atoms with E-state index in [4.69, 9.17) is 5.84 Å². The second-order valence-electron chi connectivity index (χ2n) is 2.83. The number of H-pyrrole nitrogens is 1. The predicted octanol–water partition coefficient (Wildman–Crippen LogP) is 0.646. The molecule has 13 heavy (non-hydrogen) atoms. The van der Waals surface area contributed by atoms with Gasteiger partial charge in [-0.15, -0.1) is 0 Å². The number of nitrogens with one attached hydrogen (secondary N) is 1. The van der Waals surface area contributed by atoms with E-state index in [1.54, 1.807) is 0 Å². The van der Waals surface area contributed by atoms with E-state index in [-0.39, 0.29) is 0 Å². The molecule has 2 aromatic rings. The maximum absolute atomic E-state index is 5.22. The first-order valence-electron chi connectivity index (χ1n) is 4.01. The molecular weight excluding hydrogens is 164 g/mol. The van der Waals surface area contributed by atoms with Crippen LogP contribution in [-0.4, -0.2) is 10.2 Å². The van der Waals surface area contributed by atoms with Gasteiger partial charge in [-0.25, -0.2) is 0 Å². The molecule has 0 saturated carbocycles. The lowest BCUT2D eigenvalue weighted by Gasteiger charge is -1.99. The molecule has 3 N–H and O–H groups in total. The Bertz CT molecular complexity index is 498. The topological polar surface area (TPSA) is 67.1 Å². The molecule has 0 aliphatic carbocycles. The monoisotopic (exact) mass is 174 g/mol. The Hall–Kier alpha value is -1.84. The average Bonchev–Trinajstić information content (AvgIpc) is 2.19. The zero-order chi connectivity index (χ0) is 9.26. The molecule has 0 atom stereocenters. The second kappa shape index (κ2) is 2.90. The molecular formula is C9H10N4. The van der Waals surface area contributed by atoms with Crippen molar-refractivity contribution >= 4 is 10.8 Å². The highest BCUT2D eigenvalue weighted by Crippen LogP contribution is 2.10. The van der Waals surface area contributed by atoms with Gasteiger partial charge in [-0.3, -0.25) is 5.10 Å². The van der Waals surface area contributed by atoms with E-state index >= 15 is 0 Å². The summed E-state index contributed by atoms with van der Waals surface area (Å²) >= 11 is 0. The molecule has 0 bridgehead atoms. The third-order valence-electron chi connectivity index (χ3n) is 2.03. The summed E-state index contributed by atoms with van der Waals surface area (Å²) in [7, 11) is 0. The van der Waals surface area contributed by atoms with Crippen LogP contribution in [0.25, 0.3) is 10.8 Å². The zero-order valence-corrected chi connectivity index (χ0v) is 7.28. The van der Waals surface area contributed by atoms with Gasteiger partial charge in [0, 0.05) is 10.8 Å². The number of aromatic amines is 1. The maximum atomic E-state index is 5.22. The van der Waals surface area contributed by atoms with E-state index in [0.29, 0.717) is 5.49 Å². The van der Waals surface area contributed by atoms with Crippen molar-refractivity contribution in [1.82, 2.24) is 10.2 Å². The van der Waals surface area contributed by atoms with Crippen molar-refractivity contribution in [2.45, 2.75) is 6.92 Å². The Morgan fingerprint density at radius 1 is 1.31 bits per heavy atom. The first-order chi connectivity index (χ1) is 6.33. The van der Waals surface area contributed by atoms with Gasteiger partial charge in [0.2, 0.25) is 0 Å². The van der Waals surface area contributed by atoms with Gasteiger partial charge >= 0.3 is 0 Å². The van der Waals surface area contributed by atoms with Crippen LogP contribution in [-0.2, 0) is 0 Å². The van der Waals surface area contributed by atoms with E-state index in [9.17, 15) is 0 Å². The smallest absolute Gasteiger partial charge is 0.173 e. The molecule has 1 aromatic carbocycles. The molecule has 4 nitrogen and oxygen atoms in total. The van der Waals surface area contributed by atoms with Crippen LogP contribution in [0.1, 0.15) is 5.69 Å². The Kier molecular flexibility index (Phi) is 1.73. The van der Waals surface area contributed by atoms with Gasteiger partial charge in [0.05, 0.1) is 5.69 Å². The first kappa shape index (κ1) is 7.79. The molecule has 1 aromatic heterocycles. The Balaban J connectivity index is 3.02. The van der Waals surface area contributed by atoms with Gasteiger partial charge in [-0.1, -0.05) is 24.3 Å². The van der Waals surface area contributed by atoms with Crippen LogP contribution >= 0.6 is 0 Å². The Morgan fingerprint density at radius 2 is 2.00 bits per heavy atom. The highest BCUT2D eigenvalue weighted by Gasteiger charge is 1.98. The number of hydrogen-bond donors (Lipinski definition) is 2. The van der Waals surface area contributed by atoms with Crippen molar-refractivity contribution < 1.29 is 0 Å². The normalized spacial score (nSPS) is 12.2. The maximum Gasteiger partial charge on any atom is 0.173 e. The average molecular weight is 174 g/mol. The minimum Gasteiger partial charge on any atom is -0.321 e. The lowest BCUT2D eigenvalue weighted by Crippen LogP contribution is -2.14. The fraction of sp³-hybridized carbons (Fsp3) is 0.111. The van der Waals surface area contributed by atoms with Crippen molar-refractivity contribution in [3.05, 3.63) is 35.4 Å². The number of nitrogens with zero attached hydrogens (tertiary/aromatic N) is 2. The molecule has 0 aliphatic heterocycles. The van der Waals surface area contributed by atoms with Gasteiger partial charge in [0.15, 0.2) is 5.49 Å². The summed E-state index contributed by atoms with van der Waals surface area (Å²) in [6, 6.07) is 7.88. The summed E-state index contributed by atoms with van der Waals surface area (Å²) in [6.07, 6.45) is 0. The van der Waals surface area contributed by atoms with Crippen LogP contribution in [0.5, 0.6) is 0 Å². The van der Waals surface area contributed by atoms with Crippen LogP contribution in [0.4, 0.5) is 0 Å².